The maximum Gasteiger partial charge on any atom is 0.162 e. The molecule has 0 atom stereocenters. The molecule has 50 heavy (non-hydrogen) atoms. The number of fused-ring (bicyclic) bond motifs is 4. The van der Waals surface area contributed by atoms with E-state index in [0.29, 0.717) is 0 Å². The van der Waals surface area contributed by atoms with Gasteiger partial charge in [-0.05, 0) is 105 Å². The van der Waals surface area contributed by atoms with Crippen molar-refractivity contribution in [1.29, 1.82) is 0 Å². The van der Waals surface area contributed by atoms with E-state index < -0.39 is 0 Å². The number of aliphatic hydroxyl groups is 1. The Hall–Kier alpha value is -3.27. The fourth-order valence-electron chi connectivity index (χ4n) is 7.50. The standard InChI is InChI=1S/C32H33N2.C13H24O2.Ir/c1-19-18-34-29-23(19)11-9-21(17-32(5,6)7)27(29)26-15-22-14-20(16-31(2,3)4)8-10-24(22)25-12-13-33-30(34)28(25)26;1-5-10(6-2)12(14)9-13(15)11(7-3)8-4;/h8-15H,16-17H2,1-7H3;9-11,14H,5-8H2,1-4H3;/q-1;;/b;12-9-;/i12D,13D;;. The molecule has 6 rings (SSSR count). The van der Waals surface area contributed by atoms with Gasteiger partial charge in [0.25, 0.3) is 0 Å². The van der Waals surface area contributed by atoms with Crippen LogP contribution in [0.1, 0.15) is 114 Å². The maximum absolute atomic E-state index is 11.7. The molecule has 3 aromatic heterocycles. The molecule has 269 valence electrons. The summed E-state index contributed by atoms with van der Waals surface area (Å²) >= 11 is 0. The number of aryl methyl sites for hydroxylation is 1. The molecule has 5 heteroatoms. The second kappa shape index (κ2) is 15.5. The van der Waals surface area contributed by atoms with Crippen LogP contribution in [-0.4, -0.2) is 20.3 Å². The third-order valence-electron chi connectivity index (χ3n) is 9.96. The van der Waals surface area contributed by atoms with E-state index in [1.54, 1.807) is 0 Å². The van der Waals surface area contributed by atoms with E-state index in [1.165, 1.54) is 28.0 Å². The quantitative estimate of drug-likeness (QED) is 0.0518. The van der Waals surface area contributed by atoms with Gasteiger partial charge in [0.05, 0.1) is 14.1 Å². The monoisotopic (exact) mass is 852 g/mol. The van der Waals surface area contributed by atoms with Gasteiger partial charge in [0.1, 0.15) is 0 Å². The van der Waals surface area contributed by atoms with Gasteiger partial charge in [-0.2, -0.15) is 0 Å². The van der Waals surface area contributed by atoms with Gasteiger partial charge in [0.2, 0.25) is 0 Å². The molecule has 1 radical (unpaired) electrons. The zero-order chi connectivity index (χ0) is 37.6. The van der Waals surface area contributed by atoms with Crippen molar-refractivity contribution in [1.82, 2.24) is 9.38 Å². The summed E-state index contributed by atoms with van der Waals surface area (Å²) in [5.41, 5.74) is 5.84. The molecule has 0 aliphatic heterocycles. The summed E-state index contributed by atoms with van der Waals surface area (Å²) < 4.78 is 19.6. The number of carbonyl (C=O) groups excluding carboxylic acids is 1. The molecule has 0 fully saturated rings. The predicted octanol–water partition coefficient (Wildman–Crippen LogP) is 12.5. The molecular formula is C45H57IrN2O2-. The van der Waals surface area contributed by atoms with Crippen molar-refractivity contribution in [3.63, 3.8) is 0 Å². The van der Waals surface area contributed by atoms with Crippen LogP contribution in [0.15, 0.2) is 60.4 Å². The number of ketones is 1. The van der Waals surface area contributed by atoms with Crippen molar-refractivity contribution in [2.45, 2.75) is 115 Å². The van der Waals surface area contributed by atoms with Crippen LogP contribution in [0.2, 0.25) is 0 Å². The van der Waals surface area contributed by atoms with Gasteiger partial charge in [0, 0.05) is 44.2 Å². The number of allylic oxidation sites excluding steroid dienone is 2. The van der Waals surface area contributed by atoms with Crippen LogP contribution in [0.25, 0.3) is 48.9 Å². The Labute approximate surface area is 316 Å². The Morgan fingerprint density at radius 2 is 1.48 bits per heavy atom. The van der Waals surface area contributed by atoms with Crippen molar-refractivity contribution in [2.24, 2.45) is 22.7 Å². The Kier molecular flexibility index (Phi) is 11.3. The first-order chi connectivity index (χ1) is 23.9. The molecule has 3 heterocycles. The van der Waals surface area contributed by atoms with E-state index in [4.69, 9.17) is 2.74 Å². The van der Waals surface area contributed by atoms with E-state index in [2.05, 4.69) is 100 Å². The Morgan fingerprint density at radius 3 is 2.08 bits per heavy atom. The third kappa shape index (κ3) is 8.10. The predicted molar refractivity (Wildman–Crippen MR) is 210 cm³/mol. The molecule has 0 saturated carbocycles. The van der Waals surface area contributed by atoms with Crippen molar-refractivity contribution < 1.29 is 32.7 Å². The molecule has 0 amide bonds. The summed E-state index contributed by atoms with van der Waals surface area (Å²) in [6, 6.07) is 13.6. The first-order valence-electron chi connectivity index (χ1n) is 19.3. The van der Waals surface area contributed by atoms with Crippen molar-refractivity contribution in [3.05, 3.63) is 83.3 Å². The average Bonchev–Trinajstić information content (AvgIpc) is 3.38. The number of hydrogen-bond donors (Lipinski definition) is 1. The second-order valence-corrected chi connectivity index (χ2v) is 16.4. The largest absolute Gasteiger partial charge is 0.512 e. The van der Waals surface area contributed by atoms with E-state index in [0.717, 1.165) is 82.2 Å². The summed E-state index contributed by atoms with van der Waals surface area (Å²) in [7, 11) is 0. The summed E-state index contributed by atoms with van der Waals surface area (Å²) in [5, 5.41) is 17.2. The van der Waals surface area contributed by atoms with Gasteiger partial charge >= 0.3 is 0 Å². The van der Waals surface area contributed by atoms with Crippen LogP contribution in [0, 0.1) is 35.8 Å². The average molecular weight is 852 g/mol. The van der Waals surface area contributed by atoms with Gasteiger partial charge in [-0.15, -0.1) is 17.0 Å². The number of carbonyl (C=O) groups is 1. The number of aromatic nitrogens is 2. The zero-order valence-corrected chi connectivity index (χ0v) is 34.4. The molecule has 0 bridgehead atoms. The minimum atomic E-state index is 0. The minimum Gasteiger partial charge on any atom is -0.512 e. The topological polar surface area (TPSA) is 54.6 Å². The van der Waals surface area contributed by atoms with Crippen LogP contribution >= 0.6 is 0 Å². The fourth-order valence-corrected chi connectivity index (χ4v) is 7.50. The Balaban J connectivity index is 0.000000323. The zero-order valence-electron chi connectivity index (χ0n) is 34.0. The van der Waals surface area contributed by atoms with E-state index in [9.17, 15) is 9.90 Å². The first-order valence-corrected chi connectivity index (χ1v) is 18.3. The van der Waals surface area contributed by atoms with Crippen molar-refractivity contribution in [2.75, 3.05) is 0 Å². The number of hydrogen-bond acceptors (Lipinski definition) is 3. The molecule has 0 aliphatic carbocycles. The van der Waals surface area contributed by atoms with Gasteiger partial charge in [-0.1, -0.05) is 112 Å². The molecule has 0 spiro atoms. The molecule has 1 N–H and O–H groups in total. The van der Waals surface area contributed by atoms with Crippen LogP contribution in [-0.2, 0) is 37.7 Å². The van der Waals surface area contributed by atoms with Crippen LogP contribution in [0.4, 0.5) is 0 Å². The SMILES string of the molecule is CCC(CC)C(=O)/C=C(\O)C(CC)CC.[2H]c1nc2c3c(cc4cc(CC(C)(C)C)ccc4c3c1[2H])c1c(CC(C)(C)C)ccc3c(C)[c-]n2c31.[Ir]. The maximum atomic E-state index is 11.7. The normalized spacial score (nSPS) is 13.4. The fraction of sp³-hybridized carbons (Fsp3) is 0.467. The molecule has 0 unspecified atom stereocenters. The number of benzene rings is 3. The van der Waals surface area contributed by atoms with E-state index >= 15 is 0 Å². The third-order valence-corrected chi connectivity index (χ3v) is 9.96. The van der Waals surface area contributed by atoms with E-state index in [1.807, 2.05) is 27.7 Å². The van der Waals surface area contributed by atoms with Gasteiger partial charge in [0.15, 0.2) is 5.78 Å². The molecule has 0 saturated heterocycles. The van der Waals surface area contributed by atoms with E-state index in [-0.39, 0.29) is 66.5 Å². The van der Waals surface area contributed by atoms with Crippen LogP contribution < -0.4 is 0 Å². The van der Waals surface area contributed by atoms with Crippen molar-refractivity contribution in [3.8, 4) is 0 Å². The summed E-state index contributed by atoms with van der Waals surface area (Å²) in [6.07, 6.45) is 10.4. The summed E-state index contributed by atoms with van der Waals surface area (Å²) in [6.45, 7) is 23.8. The van der Waals surface area contributed by atoms with Crippen LogP contribution in [0.3, 0.4) is 0 Å². The molecule has 0 aliphatic rings. The van der Waals surface area contributed by atoms with Crippen LogP contribution in [0.5, 0.6) is 0 Å². The van der Waals surface area contributed by atoms with Gasteiger partial charge in [-0.25, -0.2) is 0 Å². The smallest absolute Gasteiger partial charge is 0.162 e. The summed E-state index contributed by atoms with van der Waals surface area (Å²) in [4.78, 5) is 16.4. The first kappa shape index (κ1) is 36.5. The Morgan fingerprint density at radius 1 is 0.860 bits per heavy atom. The molecule has 3 aromatic carbocycles. The van der Waals surface area contributed by atoms with Gasteiger partial charge < -0.3 is 9.51 Å². The van der Waals surface area contributed by atoms with Crippen molar-refractivity contribution >= 4 is 54.7 Å². The number of pyridine rings is 2. The number of aliphatic hydroxyl groups excluding tert-OH is 1. The van der Waals surface area contributed by atoms with Gasteiger partial charge in [-0.3, -0.25) is 9.78 Å². The number of nitrogens with zero attached hydrogens (tertiary/aromatic N) is 2. The second-order valence-electron chi connectivity index (χ2n) is 16.4. The minimum absolute atomic E-state index is 0. The molecular weight excluding hydrogens is 793 g/mol. The summed E-state index contributed by atoms with van der Waals surface area (Å²) in [5.74, 6) is 0.547. The number of rotatable bonds is 9. The molecule has 4 nitrogen and oxygen atoms in total. The molecule has 6 aromatic rings. The Bertz CT molecular complexity index is 2250.